The molecule has 4 nitrogen and oxygen atoms in total. The number of amides is 1. The van der Waals surface area contributed by atoms with E-state index in [1.54, 1.807) is 17.9 Å². The summed E-state index contributed by atoms with van der Waals surface area (Å²) in [5, 5.41) is 8.24. The fourth-order valence-electron chi connectivity index (χ4n) is 1.81. The zero-order valence-corrected chi connectivity index (χ0v) is 14.5. The van der Waals surface area contributed by atoms with E-state index in [-0.39, 0.29) is 11.9 Å². The van der Waals surface area contributed by atoms with Crippen LogP contribution in [0.2, 0.25) is 0 Å². The molecule has 0 aliphatic rings. The molecule has 1 N–H and O–H groups in total. The molecule has 1 rings (SSSR count). The van der Waals surface area contributed by atoms with Gasteiger partial charge in [0.05, 0.1) is 0 Å². The summed E-state index contributed by atoms with van der Waals surface area (Å²) >= 11 is 0. The van der Waals surface area contributed by atoms with Gasteiger partial charge in [-0.05, 0) is 38.8 Å². The van der Waals surface area contributed by atoms with Crippen molar-refractivity contribution >= 4 is 11.9 Å². The quantitative estimate of drug-likeness (QED) is 0.806. The molecule has 0 spiro atoms. The normalized spacial score (nSPS) is 10.6. The molecule has 0 atom stereocenters. The Morgan fingerprint density at radius 3 is 2.17 bits per heavy atom. The topological polar surface area (TPSA) is 57.6 Å². The zero-order valence-electron chi connectivity index (χ0n) is 14.5. The van der Waals surface area contributed by atoms with Gasteiger partial charge in [-0.25, -0.2) is 4.79 Å². The van der Waals surface area contributed by atoms with Crippen LogP contribution in [0.15, 0.2) is 54.6 Å². The minimum atomic E-state index is -0.827. The summed E-state index contributed by atoms with van der Waals surface area (Å²) in [7, 11) is 0. The lowest BCUT2D eigenvalue weighted by molar-refractivity contribution is -0.132. The van der Waals surface area contributed by atoms with Crippen LogP contribution >= 0.6 is 0 Å². The summed E-state index contributed by atoms with van der Waals surface area (Å²) in [6.45, 7) is 11.7. The van der Waals surface area contributed by atoms with E-state index in [4.69, 9.17) is 5.11 Å². The van der Waals surface area contributed by atoms with Crippen molar-refractivity contribution in [3.63, 3.8) is 0 Å². The molecule has 1 aromatic rings. The van der Waals surface area contributed by atoms with Gasteiger partial charge in [0.1, 0.15) is 0 Å². The number of nitrogens with zero attached hydrogens (tertiary/aromatic N) is 1. The van der Waals surface area contributed by atoms with E-state index in [0.29, 0.717) is 12.1 Å². The lowest BCUT2D eigenvalue weighted by atomic mass is 10.2. The zero-order chi connectivity index (χ0) is 17.8. The van der Waals surface area contributed by atoms with Crippen LogP contribution in [0.3, 0.4) is 0 Å². The fourth-order valence-corrected chi connectivity index (χ4v) is 1.81. The monoisotopic (exact) mass is 317 g/mol. The Morgan fingerprint density at radius 1 is 1.26 bits per heavy atom. The SMILES string of the molecule is C=CC(=O)N(Cc1ccccc1)C(C)C.CCC=C(C)C(=O)O. The van der Waals surface area contributed by atoms with Crippen molar-refractivity contribution in [2.45, 2.75) is 46.7 Å². The second-order valence-corrected chi connectivity index (χ2v) is 5.35. The number of carbonyl (C=O) groups is 2. The van der Waals surface area contributed by atoms with E-state index in [2.05, 4.69) is 6.58 Å². The summed E-state index contributed by atoms with van der Waals surface area (Å²) in [5.41, 5.74) is 1.56. The summed E-state index contributed by atoms with van der Waals surface area (Å²) in [6.07, 6.45) is 3.84. The number of benzene rings is 1. The van der Waals surface area contributed by atoms with Crippen molar-refractivity contribution < 1.29 is 14.7 Å². The van der Waals surface area contributed by atoms with Crippen LogP contribution in [-0.4, -0.2) is 27.9 Å². The van der Waals surface area contributed by atoms with Crippen LogP contribution < -0.4 is 0 Å². The van der Waals surface area contributed by atoms with E-state index < -0.39 is 5.97 Å². The molecule has 126 valence electrons. The average molecular weight is 317 g/mol. The van der Waals surface area contributed by atoms with Crippen molar-refractivity contribution in [2.24, 2.45) is 0 Å². The molecule has 0 bridgehead atoms. The molecule has 1 aromatic carbocycles. The predicted octanol–water partition coefficient (Wildman–Crippen LogP) is 4.04. The molecule has 0 saturated carbocycles. The van der Waals surface area contributed by atoms with Gasteiger partial charge in [0.2, 0.25) is 5.91 Å². The standard InChI is InChI=1S/C13H17NO.C6H10O2/c1-4-13(15)14(11(2)3)10-12-8-6-5-7-9-12;1-3-4-5(2)6(7)8/h4-9,11H,1,10H2,2-3H3;4H,3H2,1-2H3,(H,7,8). The summed E-state index contributed by atoms with van der Waals surface area (Å²) in [4.78, 5) is 23.4. The van der Waals surface area contributed by atoms with E-state index in [9.17, 15) is 9.59 Å². The molecule has 23 heavy (non-hydrogen) atoms. The van der Waals surface area contributed by atoms with Crippen LogP contribution in [-0.2, 0) is 16.1 Å². The molecule has 0 unspecified atom stereocenters. The molecule has 4 heteroatoms. The highest BCUT2D eigenvalue weighted by Gasteiger charge is 2.13. The van der Waals surface area contributed by atoms with Crippen LogP contribution in [0.4, 0.5) is 0 Å². The molecule has 0 aromatic heterocycles. The first-order valence-corrected chi connectivity index (χ1v) is 7.70. The maximum Gasteiger partial charge on any atom is 0.330 e. The van der Waals surface area contributed by atoms with Crippen molar-refractivity contribution in [3.05, 3.63) is 60.2 Å². The highest BCUT2D eigenvalue weighted by atomic mass is 16.4. The van der Waals surface area contributed by atoms with E-state index >= 15 is 0 Å². The summed E-state index contributed by atoms with van der Waals surface area (Å²) < 4.78 is 0. The van der Waals surface area contributed by atoms with Crippen LogP contribution in [0.25, 0.3) is 0 Å². The molecule has 0 fully saturated rings. The van der Waals surface area contributed by atoms with Gasteiger partial charge in [-0.3, -0.25) is 4.79 Å². The number of hydrogen-bond donors (Lipinski definition) is 1. The average Bonchev–Trinajstić information content (AvgIpc) is 2.53. The number of carbonyl (C=O) groups excluding carboxylic acids is 1. The Kier molecular flexibility index (Phi) is 10.1. The van der Waals surface area contributed by atoms with Gasteiger partial charge in [-0.2, -0.15) is 0 Å². The fraction of sp³-hybridized carbons (Fsp3) is 0.368. The molecule has 0 radical (unpaired) electrons. The minimum Gasteiger partial charge on any atom is -0.478 e. The van der Waals surface area contributed by atoms with Crippen molar-refractivity contribution in [1.29, 1.82) is 0 Å². The van der Waals surface area contributed by atoms with Gasteiger partial charge < -0.3 is 10.0 Å². The lowest BCUT2D eigenvalue weighted by Crippen LogP contribution is -2.34. The van der Waals surface area contributed by atoms with E-state index in [1.165, 1.54) is 6.08 Å². The first kappa shape index (κ1) is 20.6. The van der Waals surface area contributed by atoms with Gasteiger partial charge in [-0.1, -0.05) is 49.9 Å². The first-order valence-electron chi connectivity index (χ1n) is 7.70. The third-order valence-corrected chi connectivity index (χ3v) is 3.12. The first-order chi connectivity index (χ1) is 10.8. The number of allylic oxidation sites excluding steroid dienone is 1. The van der Waals surface area contributed by atoms with Gasteiger partial charge in [0.15, 0.2) is 0 Å². The van der Waals surface area contributed by atoms with Gasteiger partial charge in [0.25, 0.3) is 0 Å². The maximum atomic E-state index is 11.6. The molecular formula is C19H27NO3. The van der Waals surface area contributed by atoms with Crippen LogP contribution in [0.5, 0.6) is 0 Å². The van der Waals surface area contributed by atoms with Crippen molar-refractivity contribution in [1.82, 2.24) is 4.90 Å². The number of aliphatic carboxylic acids is 1. The number of carboxylic acid groups (broad SMARTS) is 1. The van der Waals surface area contributed by atoms with Gasteiger partial charge in [-0.15, -0.1) is 0 Å². The van der Waals surface area contributed by atoms with E-state index in [1.807, 2.05) is 51.1 Å². The highest BCUT2D eigenvalue weighted by Crippen LogP contribution is 2.08. The minimum absolute atomic E-state index is 0.0196. The second-order valence-electron chi connectivity index (χ2n) is 5.35. The molecular weight excluding hydrogens is 290 g/mol. The Bertz CT molecular complexity index is 533. The van der Waals surface area contributed by atoms with E-state index in [0.717, 1.165) is 12.0 Å². The number of hydrogen-bond acceptors (Lipinski definition) is 2. The molecule has 0 aliphatic carbocycles. The van der Waals surface area contributed by atoms with Crippen molar-refractivity contribution in [3.8, 4) is 0 Å². The highest BCUT2D eigenvalue weighted by molar-refractivity contribution is 5.87. The summed E-state index contributed by atoms with van der Waals surface area (Å²) in [5.74, 6) is -0.847. The Hall–Kier alpha value is -2.36. The third-order valence-electron chi connectivity index (χ3n) is 3.12. The van der Waals surface area contributed by atoms with Crippen molar-refractivity contribution in [2.75, 3.05) is 0 Å². The lowest BCUT2D eigenvalue weighted by Gasteiger charge is -2.25. The van der Waals surface area contributed by atoms with Gasteiger partial charge >= 0.3 is 5.97 Å². The molecule has 1 amide bonds. The molecule has 0 heterocycles. The summed E-state index contributed by atoms with van der Waals surface area (Å²) in [6, 6.07) is 10.2. The van der Waals surface area contributed by atoms with Crippen LogP contribution in [0.1, 0.15) is 39.7 Å². The second kappa shape index (κ2) is 11.2. The molecule has 0 aliphatic heterocycles. The van der Waals surface area contributed by atoms with Gasteiger partial charge in [0, 0.05) is 18.2 Å². The smallest absolute Gasteiger partial charge is 0.330 e. The largest absolute Gasteiger partial charge is 0.478 e. The Labute approximate surface area is 139 Å². The number of carboxylic acids is 1. The third kappa shape index (κ3) is 8.61. The Morgan fingerprint density at radius 2 is 1.83 bits per heavy atom. The number of rotatable bonds is 6. The Balaban J connectivity index is 0.000000515. The predicted molar refractivity (Wildman–Crippen MR) is 94.0 cm³/mol. The molecule has 0 saturated heterocycles. The maximum absolute atomic E-state index is 11.6. The van der Waals surface area contributed by atoms with Crippen LogP contribution in [0, 0.1) is 0 Å².